The van der Waals surface area contributed by atoms with Crippen molar-refractivity contribution in [3.63, 3.8) is 0 Å². The van der Waals surface area contributed by atoms with Gasteiger partial charge in [0.05, 0.1) is 31.9 Å². The highest BCUT2D eigenvalue weighted by atomic mass is 35.5. The standard InChI is InChI=1S/C39H43ClFN3O7S/c1-49-35-20-18-29(40)23-33(35)44(52(47,48)31-19-21-36(50-2)37(24-31)51-3)26-38(45)43(25-28-14-10-11-17-32(28)41)34(22-27-12-6-4-7-13-27)39(46)42-30-15-8-5-9-16-30/h4,6-7,10-14,17-21,23-24,30,34H,5,8-9,15-16,22,25-26H2,1-3H3,(H,42,46)/t34-/m0/s1. The normalized spacial score (nSPS) is 13.9. The Morgan fingerprint density at radius 2 is 1.50 bits per heavy atom. The van der Waals surface area contributed by atoms with Gasteiger partial charge >= 0.3 is 0 Å². The van der Waals surface area contributed by atoms with Gasteiger partial charge in [-0.3, -0.25) is 13.9 Å². The van der Waals surface area contributed by atoms with Crippen LogP contribution in [-0.4, -0.2) is 65.1 Å². The van der Waals surface area contributed by atoms with E-state index >= 15 is 4.39 Å². The van der Waals surface area contributed by atoms with E-state index in [1.807, 2.05) is 30.3 Å². The summed E-state index contributed by atoms with van der Waals surface area (Å²) in [6.07, 6.45) is 4.72. The lowest BCUT2D eigenvalue weighted by Crippen LogP contribution is -2.55. The molecule has 1 atom stereocenters. The first-order valence-electron chi connectivity index (χ1n) is 17.0. The average molecular weight is 752 g/mol. The van der Waals surface area contributed by atoms with Gasteiger partial charge in [0.15, 0.2) is 11.5 Å². The number of halogens is 2. The largest absolute Gasteiger partial charge is 0.495 e. The molecule has 0 bridgehead atoms. The molecule has 0 saturated heterocycles. The lowest BCUT2D eigenvalue weighted by molar-refractivity contribution is -0.140. The molecule has 1 saturated carbocycles. The van der Waals surface area contributed by atoms with Crippen molar-refractivity contribution in [2.24, 2.45) is 0 Å². The molecular weight excluding hydrogens is 709 g/mol. The van der Waals surface area contributed by atoms with Gasteiger partial charge in [-0.05, 0) is 54.8 Å². The van der Waals surface area contributed by atoms with Gasteiger partial charge in [0.25, 0.3) is 10.0 Å². The van der Waals surface area contributed by atoms with E-state index in [2.05, 4.69) is 5.32 Å². The van der Waals surface area contributed by atoms with E-state index < -0.39 is 40.2 Å². The van der Waals surface area contributed by atoms with Crippen molar-refractivity contribution in [2.45, 2.75) is 62.0 Å². The van der Waals surface area contributed by atoms with Gasteiger partial charge < -0.3 is 24.4 Å². The summed E-state index contributed by atoms with van der Waals surface area (Å²) in [5.41, 5.74) is 0.910. The molecule has 2 amide bonds. The molecule has 0 aliphatic heterocycles. The van der Waals surface area contributed by atoms with Crippen LogP contribution in [0, 0.1) is 5.82 Å². The third-order valence-corrected chi connectivity index (χ3v) is 11.1. The Morgan fingerprint density at radius 1 is 0.846 bits per heavy atom. The molecular formula is C39H43ClFN3O7S. The van der Waals surface area contributed by atoms with Gasteiger partial charge in [0.2, 0.25) is 11.8 Å². The summed E-state index contributed by atoms with van der Waals surface area (Å²) in [7, 11) is -0.393. The first-order valence-corrected chi connectivity index (χ1v) is 18.8. The van der Waals surface area contributed by atoms with Crippen LogP contribution >= 0.6 is 11.6 Å². The summed E-state index contributed by atoms with van der Waals surface area (Å²) >= 11 is 6.40. The summed E-state index contributed by atoms with van der Waals surface area (Å²) in [5.74, 6) is -1.16. The first-order chi connectivity index (χ1) is 25.0. The number of rotatable bonds is 15. The Hall–Kier alpha value is -4.81. The van der Waals surface area contributed by atoms with Gasteiger partial charge in [0.1, 0.15) is 24.2 Å². The minimum Gasteiger partial charge on any atom is -0.495 e. The molecule has 1 fully saturated rings. The Bertz CT molecular complexity index is 1960. The molecule has 1 N–H and O–H groups in total. The molecule has 0 spiro atoms. The Labute approximate surface area is 309 Å². The van der Waals surface area contributed by atoms with Crippen molar-refractivity contribution in [3.8, 4) is 17.2 Å². The van der Waals surface area contributed by atoms with Gasteiger partial charge in [0, 0.05) is 35.7 Å². The smallest absolute Gasteiger partial charge is 0.265 e. The van der Waals surface area contributed by atoms with Crippen LogP contribution in [0.25, 0.3) is 0 Å². The van der Waals surface area contributed by atoms with Crippen LogP contribution in [0.4, 0.5) is 10.1 Å². The molecule has 13 heteroatoms. The summed E-state index contributed by atoms with van der Waals surface area (Å²) in [4.78, 5) is 30.2. The summed E-state index contributed by atoms with van der Waals surface area (Å²) in [6.45, 7) is -1.10. The third-order valence-electron chi connectivity index (χ3n) is 9.15. The van der Waals surface area contributed by atoms with Crippen molar-refractivity contribution in [1.29, 1.82) is 0 Å². The van der Waals surface area contributed by atoms with Crippen LogP contribution in [0.15, 0.2) is 95.9 Å². The molecule has 4 aromatic rings. The number of ether oxygens (including phenoxy) is 3. The fourth-order valence-electron chi connectivity index (χ4n) is 6.38. The van der Waals surface area contributed by atoms with Gasteiger partial charge in [-0.15, -0.1) is 0 Å². The molecule has 5 rings (SSSR count). The molecule has 276 valence electrons. The van der Waals surface area contributed by atoms with Crippen molar-refractivity contribution in [1.82, 2.24) is 10.2 Å². The zero-order chi connectivity index (χ0) is 37.3. The molecule has 1 aliphatic carbocycles. The first kappa shape index (κ1) is 38.4. The minimum atomic E-state index is -4.56. The van der Waals surface area contributed by atoms with E-state index in [0.717, 1.165) is 42.0 Å². The lowest BCUT2D eigenvalue weighted by Gasteiger charge is -2.35. The number of carbonyl (C=O) groups is 2. The number of nitrogens with one attached hydrogen (secondary N) is 1. The molecule has 52 heavy (non-hydrogen) atoms. The van der Waals surface area contributed by atoms with Crippen molar-refractivity contribution in [3.05, 3.63) is 113 Å². The monoisotopic (exact) mass is 751 g/mol. The van der Waals surface area contributed by atoms with E-state index in [1.54, 1.807) is 6.07 Å². The second-order valence-corrected chi connectivity index (χ2v) is 14.8. The Balaban J connectivity index is 1.63. The number of carbonyl (C=O) groups excluding carboxylic acids is 2. The maximum absolute atomic E-state index is 15.3. The van der Waals surface area contributed by atoms with Gasteiger partial charge in [-0.1, -0.05) is 79.4 Å². The quantitative estimate of drug-likeness (QED) is 0.142. The third kappa shape index (κ3) is 9.15. The highest BCUT2D eigenvalue weighted by Gasteiger charge is 2.37. The van der Waals surface area contributed by atoms with Gasteiger partial charge in [-0.2, -0.15) is 0 Å². The zero-order valence-electron chi connectivity index (χ0n) is 29.4. The van der Waals surface area contributed by atoms with Crippen LogP contribution in [0.1, 0.15) is 43.2 Å². The highest BCUT2D eigenvalue weighted by molar-refractivity contribution is 7.92. The predicted molar refractivity (Wildman–Crippen MR) is 198 cm³/mol. The maximum Gasteiger partial charge on any atom is 0.265 e. The summed E-state index contributed by atoms with van der Waals surface area (Å²) in [6, 6.07) is 22.4. The SMILES string of the molecule is COc1ccc(S(=O)(=O)N(CC(=O)N(Cc2ccccc2F)[C@@H](Cc2ccccc2)C(=O)NC2CCCCC2)c2cc(Cl)ccc2OC)cc1OC. The number of hydrogen-bond donors (Lipinski definition) is 1. The Kier molecular flexibility index (Phi) is 13.0. The van der Waals surface area contributed by atoms with Crippen LogP contribution < -0.4 is 23.8 Å². The molecule has 10 nitrogen and oxygen atoms in total. The van der Waals surface area contributed by atoms with E-state index in [4.69, 9.17) is 25.8 Å². The second kappa shape index (κ2) is 17.6. The van der Waals surface area contributed by atoms with Crippen LogP contribution in [-0.2, 0) is 32.6 Å². The van der Waals surface area contributed by atoms with Crippen molar-refractivity contribution >= 4 is 39.1 Å². The lowest BCUT2D eigenvalue weighted by atomic mass is 9.94. The second-order valence-electron chi connectivity index (χ2n) is 12.5. The van der Waals surface area contributed by atoms with E-state index in [0.29, 0.717) is 5.75 Å². The topological polar surface area (TPSA) is 114 Å². The predicted octanol–water partition coefficient (Wildman–Crippen LogP) is 6.79. The molecule has 0 aromatic heterocycles. The molecule has 0 unspecified atom stereocenters. The van der Waals surface area contributed by atoms with Gasteiger partial charge in [-0.25, -0.2) is 12.8 Å². The Morgan fingerprint density at radius 3 is 2.17 bits per heavy atom. The molecule has 4 aromatic carbocycles. The zero-order valence-corrected chi connectivity index (χ0v) is 31.0. The van der Waals surface area contributed by atoms with Crippen LogP contribution in [0.3, 0.4) is 0 Å². The fraction of sp³-hybridized carbons (Fsp3) is 0.333. The summed E-state index contributed by atoms with van der Waals surface area (Å²) in [5, 5.41) is 3.33. The number of nitrogens with zero attached hydrogens (tertiary/aromatic N) is 2. The van der Waals surface area contributed by atoms with E-state index in [1.165, 1.54) is 80.8 Å². The number of anilines is 1. The van der Waals surface area contributed by atoms with Crippen LogP contribution in [0.5, 0.6) is 17.2 Å². The molecule has 0 radical (unpaired) electrons. The average Bonchev–Trinajstić information content (AvgIpc) is 3.16. The molecule has 0 heterocycles. The highest BCUT2D eigenvalue weighted by Crippen LogP contribution is 2.37. The number of hydrogen-bond acceptors (Lipinski definition) is 7. The number of benzene rings is 4. The molecule has 1 aliphatic rings. The van der Waals surface area contributed by atoms with Crippen molar-refractivity contribution in [2.75, 3.05) is 32.2 Å². The summed E-state index contributed by atoms with van der Waals surface area (Å²) < 4.78 is 61.7. The van der Waals surface area contributed by atoms with E-state index in [-0.39, 0.29) is 51.7 Å². The minimum absolute atomic E-state index is 0.0183. The number of methoxy groups -OCH3 is 3. The fourth-order valence-corrected chi connectivity index (χ4v) is 7.98. The van der Waals surface area contributed by atoms with Crippen molar-refractivity contribution < 1.29 is 36.6 Å². The van der Waals surface area contributed by atoms with Crippen LogP contribution in [0.2, 0.25) is 5.02 Å². The van der Waals surface area contributed by atoms with E-state index in [9.17, 15) is 18.0 Å². The maximum atomic E-state index is 15.3. The number of sulfonamides is 1. The number of amides is 2.